The van der Waals surface area contributed by atoms with Gasteiger partial charge >= 0.3 is 0 Å². The highest BCUT2D eigenvalue weighted by Gasteiger charge is 2.28. The highest BCUT2D eigenvalue weighted by molar-refractivity contribution is 5.87. The molecule has 0 unspecified atom stereocenters. The monoisotopic (exact) mass is 355 g/mol. The molecule has 3 aromatic rings. The second-order valence-corrected chi connectivity index (χ2v) is 6.35. The van der Waals surface area contributed by atoms with Crippen LogP contribution in [0.5, 0.6) is 0 Å². The van der Waals surface area contributed by atoms with Crippen molar-refractivity contribution < 1.29 is 14.0 Å². The number of hydrogen-bond donors (Lipinski definition) is 1. The van der Waals surface area contributed by atoms with Gasteiger partial charge in [-0.1, -0.05) is 11.2 Å². The van der Waals surface area contributed by atoms with E-state index < -0.39 is 0 Å². The summed E-state index contributed by atoms with van der Waals surface area (Å²) < 4.78 is 17.1. The Balaban J connectivity index is 1.53. The number of ether oxygens (including phenoxy) is 2. The molecular formula is C18H21N5O3. The molecule has 0 radical (unpaired) electrons. The molecule has 1 saturated heterocycles. The van der Waals surface area contributed by atoms with Crippen molar-refractivity contribution in [1.29, 1.82) is 0 Å². The first-order chi connectivity index (χ1) is 12.7. The minimum Gasteiger partial charge on any atom is -0.379 e. The molecule has 4 rings (SSSR count). The minimum atomic E-state index is -0.0285. The maximum Gasteiger partial charge on any atom is 0.263 e. The summed E-state index contributed by atoms with van der Waals surface area (Å²) in [5, 5.41) is 8.25. The SMILES string of the molecule is Cc1nc(N[C@@H]2COCC[C@H]2OCc2ccccn2)c2c(C)noc2n1. The van der Waals surface area contributed by atoms with Crippen LogP contribution in [0, 0.1) is 13.8 Å². The number of aromatic nitrogens is 4. The maximum atomic E-state index is 6.12. The van der Waals surface area contributed by atoms with Crippen LogP contribution in [0.3, 0.4) is 0 Å². The van der Waals surface area contributed by atoms with E-state index in [-0.39, 0.29) is 12.1 Å². The number of rotatable bonds is 5. The zero-order chi connectivity index (χ0) is 17.9. The Morgan fingerprint density at radius 1 is 1.27 bits per heavy atom. The van der Waals surface area contributed by atoms with Crippen molar-refractivity contribution in [2.75, 3.05) is 18.5 Å². The summed E-state index contributed by atoms with van der Waals surface area (Å²) in [5.41, 5.74) is 2.15. The van der Waals surface area contributed by atoms with E-state index in [0.717, 1.165) is 23.2 Å². The first-order valence-electron chi connectivity index (χ1n) is 8.67. The summed E-state index contributed by atoms with van der Waals surface area (Å²) in [5.74, 6) is 1.33. The van der Waals surface area contributed by atoms with Gasteiger partial charge in [0.1, 0.15) is 17.0 Å². The van der Waals surface area contributed by atoms with Gasteiger partial charge in [0.25, 0.3) is 5.71 Å². The Labute approximate surface area is 150 Å². The van der Waals surface area contributed by atoms with Crippen molar-refractivity contribution in [3.8, 4) is 0 Å². The molecule has 26 heavy (non-hydrogen) atoms. The fraction of sp³-hybridized carbons (Fsp3) is 0.444. The molecule has 1 fully saturated rings. The van der Waals surface area contributed by atoms with Crippen molar-refractivity contribution in [2.45, 2.75) is 39.0 Å². The van der Waals surface area contributed by atoms with E-state index >= 15 is 0 Å². The first kappa shape index (κ1) is 16.9. The smallest absolute Gasteiger partial charge is 0.263 e. The zero-order valence-electron chi connectivity index (χ0n) is 14.8. The van der Waals surface area contributed by atoms with Gasteiger partial charge < -0.3 is 19.3 Å². The second-order valence-electron chi connectivity index (χ2n) is 6.35. The average molecular weight is 355 g/mol. The van der Waals surface area contributed by atoms with Gasteiger partial charge in [0, 0.05) is 12.8 Å². The van der Waals surface area contributed by atoms with Crippen LogP contribution in [0.15, 0.2) is 28.9 Å². The molecule has 8 heteroatoms. The number of hydrogen-bond acceptors (Lipinski definition) is 8. The topological polar surface area (TPSA) is 95.2 Å². The molecule has 0 aromatic carbocycles. The summed E-state index contributed by atoms with van der Waals surface area (Å²) in [6.45, 7) is 5.39. The van der Waals surface area contributed by atoms with Crippen molar-refractivity contribution in [3.05, 3.63) is 41.6 Å². The van der Waals surface area contributed by atoms with E-state index in [0.29, 0.717) is 37.2 Å². The zero-order valence-corrected chi connectivity index (χ0v) is 14.8. The van der Waals surface area contributed by atoms with E-state index in [4.69, 9.17) is 14.0 Å². The van der Waals surface area contributed by atoms with Crippen LogP contribution in [0.2, 0.25) is 0 Å². The average Bonchev–Trinajstić information content (AvgIpc) is 3.02. The lowest BCUT2D eigenvalue weighted by Crippen LogP contribution is -2.44. The van der Waals surface area contributed by atoms with Gasteiger partial charge in [0.2, 0.25) is 0 Å². The number of anilines is 1. The Morgan fingerprint density at radius 3 is 3.04 bits per heavy atom. The molecule has 0 bridgehead atoms. The molecule has 1 aliphatic rings. The number of nitrogens with one attached hydrogen (secondary N) is 1. The lowest BCUT2D eigenvalue weighted by molar-refractivity contribution is -0.0486. The third-order valence-electron chi connectivity index (χ3n) is 4.40. The summed E-state index contributed by atoms with van der Waals surface area (Å²) in [6.07, 6.45) is 2.57. The van der Waals surface area contributed by atoms with Crippen LogP contribution in [0.4, 0.5) is 5.82 Å². The molecular weight excluding hydrogens is 334 g/mol. The normalized spacial score (nSPS) is 20.4. The molecule has 8 nitrogen and oxygen atoms in total. The van der Waals surface area contributed by atoms with Gasteiger partial charge in [-0.25, -0.2) is 4.98 Å². The molecule has 1 aliphatic heterocycles. The van der Waals surface area contributed by atoms with E-state index in [2.05, 4.69) is 25.4 Å². The molecule has 4 heterocycles. The Hall–Kier alpha value is -2.58. The lowest BCUT2D eigenvalue weighted by atomic mass is 10.1. The van der Waals surface area contributed by atoms with Crippen LogP contribution in [-0.2, 0) is 16.1 Å². The van der Waals surface area contributed by atoms with E-state index in [1.807, 2.05) is 32.0 Å². The van der Waals surface area contributed by atoms with Crippen molar-refractivity contribution in [1.82, 2.24) is 20.1 Å². The first-order valence-corrected chi connectivity index (χ1v) is 8.67. The third kappa shape index (κ3) is 3.51. The number of aryl methyl sites for hydroxylation is 2. The van der Waals surface area contributed by atoms with Crippen molar-refractivity contribution >= 4 is 16.9 Å². The van der Waals surface area contributed by atoms with Gasteiger partial charge in [-0.15, -0.1) is 0 Å². The van der Waals surface area contributed by atoms with Gasteiger partial charge in [0.05, 0.1) is 36.7 Å². The molecule has 0 aliphatic carbocycles. The van der Waals surface area contributed by atoms with E-state index in [9.17, 15) is 0 Å². The highest BCUT2D eigenvalue weighted by atomic mass is 16.5. The fourth-order valence-electron chi connectivity index (χ4n) is 3.10. The second kappa shape index (κ2) is 7.35. The number of nitrogens with zero attached hydrogens (tertiary/aromatic N) is 4. The number of pyridine rings is 1. The van der Waals surface area contributed by atoms with Crippen LogP contribution >= 0.6 is 0 Å². The quantitative estimate of drug-likeness (QED) is 0.745. The molecule has 0 spiro atoms. The number of fused-ring (bicyclic) bond motifs is 1. The van der Waals surface area contributed by atoms with Crippen molar-refractivity contribution in [2.24, 2.45) is 0 Å². The van der Waals surface area contributed by atoms with Crippen LogP contribution in [0.1, 0.15) is 23.6 Å². The summed E-state index contributed by atoms with van der Waals surface area (Å²) >= 11 is 0. The summed E-state index contributed by atoms with van der Waals surface area (Å²) in [4.78, 5) is 13.1. The summed E-state index contributed by atoms with van der Waals surface area (Å²) in [7, 11) is 0. The maximum absolute atomic E-state index is 6.12. The van der Waals surface area contributed by atoms with Crippen LogP contribution in [0.25, 0.3) is 11.1 Å². The third-order valence-corrected chi connectivity index (χ3v) is 4.40. The minimum absolute atomic E-state index is 0.00348. The van der Waals surface area contributed by atoms with Gasteiger partial charge in [-0.3, -0.25) is 4.98 Å². The molecule has 1 N–H and O–H groups in total. The molecule has 136 valence electrons. The van der Waals surface area contributed by atoms with Gasteiger partial charge in [-0.2, -0.15) is 4.98 Å². The Bertz CT molecular complexity index is 883. The Kier molecular flexibility index (Phi) is 4.77. The van der Waals surface area contributed by atoms with Crippen molar-refractivity contribution in [3.63, 3.8) is 0 Å². The van der Waals surface area contributed by atoms with E-state index in [1.165, 1.54) is 0 Å². The molecule has 3 aromatic heterocycles. The molecule has 2 atom stereocenters. The van der Waals surface area contributed by atoms with Crippen LogP contribution < -0.4 is 5.32 Å². The Morgan fingerprint density at radius 2 is 2.19 bits per heavy atom. The lowest BCUT2D eigenvalue weighted by Gasteiger charge is -2.32. The van der Waals surface area contributed by atoms with Gasteiger partial charge in [-0.05, 0) is 32.4 Å². The predicted octanol–water partition coefficient (Wildman–Crippen LogP) is 2.42. The van der Waals surface area contributed by atoms with E-state index in [1.54, 1.807) is 6.20 Å². The predicted molar refractivity (Wildman–Crippen MR) is 94.7 cm³/mol. The largest absolute Gasteiger partial charge is 0.379 e. The molecule has 0 amide bonds. The highest BCUT2D eigenvalue weighted by Crippen LogP contribution is 2.26. The standard InChI is InChI=1S/C18H21N5O3/c1-11-16-17(20-12(2)21-18(16)26-23-11)22-14-10-24-8-6-15(14)25-9-13-5-3-4-7-19-13/h3-5,7,14-15H,6,8-10H2,1-2H3,(H,20,21,22)/t14-,15-/m1/s1. The fourth-order valence-corrected chi connectivity index (χ4v) is 3.10. The van der Waals surface area contributed by atoms with Crippen LogP contribution in [-0.4, -0.2) is 45.5 Å². The summed E-state index contributed by atoms with van der Waals surface area (Å²) in [6, 6.07) is 5.78. The molecule has 0 saturated carbocycles. The van der Waals surface area contributed by atoms with Gasteiger partial charge in [0.15, 0.2) is 0 Å².